The summed E-state index contributed by atoms with van der Waals surface area (Å²) < 4.78 is 87.9. The first-order valence-electron chi connectivity index (χ1n) is 17.7. The van der Waals surface area contributed by atoms with Gasteiger partial charge in [0.2, 0.25) is 0 Å². The van der Waals surface area contributed by atoms with Gasteiger partial charge in [-0.2, -0.15) is 0 Å². The molecule has 47 heavy (non-hydrogen) atoms. The van der Waals surface area contributed by atoms with E-state index in [9.17, 15) is 25.9 Å². The molecule has 7 rings (SSSR count). The largest absolute Gasteiger partial charge is 0.716 e. The van der Waals surface area contributed by atoms with Crippen LogP contribution in [0, 0.1) is 45.3 Å². The molecule has 0 bridgehead atoms. The highest BCUT2D eigenvalue weighted by Gasteiger charge is 2.69. The zero-order valence-electron chi connectivity index (χ0n) is 29.0. The summed E-state index contributed by atoms with van der Waals surface area (Å²) in [5.74, 6) is 1.23. The molecule has 11 heteroatoms. The average molecular weight is 693 g/mol. The molecule has 1 aromatic carbocycles. The molecular weight excluding hydrogens is 641 g/mol. The Bertz CT molecular complexity index is 1690. The summed E-state index contributed by atoms with van der Waals surface area (Å²) in [5.41, 5.74) is 0.500. The van der Waals surface area contributed by atoms with E-state index in [1.807, 2.05) is 0 Å². The van der Waals surface area contributed by atoms with Crippen molar-refractivity contribution in [2.45, 2.75) is 143 Å². The van der Waals surface area contributed by atoms with Crippen molar-refractivity contribution in [2.75, 3.05) is 0 Å². The first kappa shape index (κ1) is 34.1. The number of benzene rings is 1. The van der Waals surface area contributed by atoms with Gasteiger partial charge < -0.3 is 22.2 Å². The maximum absolute atomic E-state index is 11.8. The lowest BCUT2D eigenvalue weighted by molar-refractivity contribution is -0.240. The molecule has 264 valence electrons. The van der Waals surface area contributed by atoms with E-state index in [4.69, 9.17) is 13.1 Å². The molecule has 1 aromatic rings. The van der Waals surface area contributed by atoms with E-state index in [1.54, 1.807) is 0 Å². The van der Waals surface area contributed by atoms with Gasteiger partial charge in [-0.05, 0) is 135 Å². The van der Waals surface area contributed by atoms with Crippen molar-refractivity contribution in [3.8, 4) is 11.5 Å². The Morgan fingerprint density at radius 1 is 0.660 bits per heavy atom. The smallest absolute Gasteiger partial charge is 0.262 e. The molecule has 1 aliphatic heterocycles. The molecule has 0 radical (unpaired) electrons. The summed E-state index contributed by atoms with van der Waals surface area (Å²) >= 11 is 0. The molecule has 0 spiro atoms. The SMILES string of the molecule is CC1(C)CCC[C@]2(C)OC3CC[C@@]4(C)C(CC[C@]5(C)C4CC[C@]4(C)c6c(OS(=O)(=O)[O-])ccc(OS(=O)(=O)[O-])c6CC54)[C@]3(C)CCC12. The van der Waals surface area contributed by atoms with Gasteiger partial charge in [0.25, 0.3) is 20.8 Å². The lowest BCUT2D eigenvalue weighted by Crippen LogP contribution is -2.64. The third-order valence-electron chi connectivity index (χ3n) is 15.5. The maximum Gasteiger partial charge on any atom is 0.262 e. The minimum atomic E-state index is -5.10. The molecule has 9 nitrogen and oxygen atoms in total. The lowest BCUT2D eigenvalue weighted by atomic mass is 9.36. The summed E-state index contributed by atoms with van der Waals surface area (Å²) in [6.07, 6.45) is 12.4. The predicted octanol–water partition coefficient (Wildman–Crippen LogP) is 7.19. The van der Waals surface area contributed by atoms with Crippen LogP contribution in [0.3, 0.4) is 0 Å². The van der Waals surface area contributed by atoms with E-state index in [-0.39, 0.29) is 50.8 Å². The third-order valence-corrected chi connectivity index (χ3v) is 16.3. The zero-order chi connectivity index (χ0) is 34.2. The number of hydrogen-bond acceptors (Lipinski definition) is 9. The number of hydrogen-bond donors (Lipinski definition) is 0. The van der Waals surface area contributed by atoms with Gasteiger partial charge in [-0.25, -0.2) is 16.8 Å². The molecule has 0 N–H and O–H groups in total. The van der Waals surface area contributed by atoms with Gasteiger partial charge in [-0.15, -0.1) is 0 Å². The van der Waals surface area contributed by atoms with Crippen molar-refractivity contribution < 1.29 is 39.0 Å². The summed E-state index contributed by atoms with van der Waals surface area (Å²) in [7, 11) is -10.2. The highest BCUT2D eigenvalue weighted by molar-refractivity contribution is 7.81. The Hall–Kier alpha value is -1.40. The van der Waals surface area contributed by atoms with Crippen LogP contribution in [-0.2, 0) is 37.4 Å². The van der Waals surface area contributed by atoms with E-state index in [1.165, 1.54) is 37.8 Å². The van der Waals surface area contributed by atoms with Gasteiger partial charge in [-0.1, -0.05) is 48.0 Å². The van der Waals surface area contributed by atoms with Crippen molar-refractivity contribution in [3.63, 3.8) is 0 Å². The van der Waals surface area contributed by atoms with Gasteiger partial charge >= 0.3 is 0 Å². The van der Waals surface area contributed by atoms with Crippen LogP contribution in [0.25, 0.3) is 0 Å². The number of ether oxygens (including phenoxy) is 1. The topological polar surface area (TPSA) is 142 Å². The van der Waals surface area contributed by atoms with Crippen LogP contribution < -0.4 is 8.37 Å². The first-order chi connectivity index (χ1) is 21.6. The van der Waals surface area contributed by atoms with E-state index < -0.39 is 26.2 Å². The summed E-state index contributed by atoms with van der Waals surface area (Å²) in [5, 5.41) is 0. The Morgan fingerprint density at radius 3 is 1.87 bits per heavy atom. The highest BCUT2D eigenvalue weighted by Crippen LogP contribution is 2.75. The highest BCUT2D eigenvalue weighted by atomic mass is 32.3. The fourth-order valence-electron chi connectivity index (χ4n) is 13.8. The Labute approximate surface area is 281 Å². The predicted molar refractivity (Wildman–Crippen MR) is 174 cm³/mol. The van der Waals surface area contributed by atoms with Crippen molar-refractivity contribution in [2.24, 2.45) is 45.3 Å². The van der Waals surface area contributed by atoms with Gasteiger partial charge in [0.1, 0.15) is 11.5 Å². The third kappa shape index (κ3) is 5.05. The Balaban J connectivity index is 1.25. The minimum absolute atomic E-state index is 0.0100. The van der Waals surface area contributed by atoms with E-state index in [0.717, 1.165) is 44.9 Å². The molecular formula is C36H52O9S2-2. The quantitative estimate of drug-likeness (QED) is 0.237. The second kappa shape index (κ2) is 10.3. The molecule has 4 saturated carbocycles. The van der Waals surface area contributed by atoms with Crippen molar-refractivity contribution in [1.29, 1.82) is 0 Å². The molecule has 0 aromatic heterocycles. The van der Waals surface area contributed by atoms with Crippen molar-refractivity contribution in [3.05, 3.63) is 23.3 Å². The minimum Gasteiger partial charge on any atom is -0.716 e. The van der Waals surface area contributed by atoms with Crippen LogP contribution in [0.1, 0.15) is 130 Å². The molecule has 5 fully saturated rings. The molecule has 5 aliphatic carbocycles. The van der Waals surface area contributed by atoms with E-state index in [2.05, 4.69) is 48.5 Å². The summed E-state index contributed by atoms with van der Waals surface area (Å²) in [6.45, 7) is 16.8. The van der Waals surface area contributed by atoms with Crippen molar-refractivity contribution in [1.82, 2.24) is 0 Å². The van der Waals surface area contributed by atoms with Gasteiger partial charge in [0, 0.05) is 16.5 Å². The number of rotatable bonds is 4. The van der Waals surface area contributed by atoms with Crippen molar-refractivity contribution >= 4 is 20.8 Å². The standard InChI is InChI=1S/C36H54O9S2/c1-31(2)15-8-16-36(7)25(31)11-18-34(5)27-12-17-33(4)26(32(27,3)20-14-29(34)43-36)13-19-35(6)28(33)21-22-23(44-46(37,38)39)9-10-24(30(22)35)45-47(40,41)42/h9-10,25-29H,8,11-21H2,1-7H3,(H,37,38,39)(H,40,41,42)/p-2/t25?,26?,27?,28?,29?,32-,33-,34+,35+,36+/m1/s1. The monoisotopic (exact) mass is 692 g/mol. The maximum atomic E-state index is 11.8. The van der Waals surface area contributed by atoms with Crippen LogP contribution >= 0.6 is 0 Å². The molecule has 10 atom stereocenters. The van der Waals surface area contributed by atoms with E-state index in [0.29, 0.717) is 35.3 Å². The van der Waals surface area contributed by atoms with Gasteiger partial charge in [0.15, 0.2) is 0 Å². The zero-order valence-corrected chi connectivity index (χ0v) is 30.7. The van der Waals surface area contributed by atoms with Gasteiger partial charge in [-0.3, -0.25) is 0 Å². The molecule has 0 amide bonds. The second-order valence-electron chi connectivity index (χ2n) is 18.2. The average Bonchev–Trinajstić information content (AvgIpc) is 3.18. The van der Waals surface area contributed by atoms with Crippen LogP contribution in [0.15, 0.2) is 12.1 Å². The Morgan fingerprint density at radius 2 is 1.19 bits per heavy atom. The van der Waals surface area contributed by atoms with Crippen LogP contribution in [0.4, 0.5) is 0 Å². The van der Waals surface area contributed by atoms with Crippen LogP contribution in [0.5, 0.6) is 11.5 Å². The van der Waals surface area contributed by atoms with Crippen LogP contribution in [0.2, 0.25) is 0 Å². The first-order valence-corrected chi connectivity index (χ1v) is 20.4. The summed E-state index contributed by atoms with van der Waals surface area (Å²) in [4.78, 5) is 0. The van der Waals surface area contributed by atoms with Gasteiger partial charge in [0.05, 0.1) is 11.7 Å². The Kier molecular flexibility index (Phi) is 7.49. The second-order valence-corrected chi connectivity index (χ2v) is 20.1. The molecule has 5 unspecified atom stereocenters. The molecule has 1 saturated heterocycles. The fraction of sp³-hybridized carbons (Fsp3) is 0.833. The van der Waals surface area contributed by atoms with Crippen LogP contribution in [-0.4, -0.2) is 37.6 Å². The number of fused-ring (bicyclic) bond motifs is 10. The van der Waals surface area contributed by atoms with E-state index >= 15 is 0 Å². The normalized spacial score (nSPS) is 45.6. The molecule has 1 heterocycles. The molecule has 6 aliphatic rings. The fourth-order valence-corrected chi connectivity index (χ4v) is 14.5. The lowest BCUT2D eigenvalue weighted by Gasteiger charge is -2.69. The summed E-state index contributed by atoms with van der Waals surface area (Å²) in [6, 6.07) is 2.49.